The van der Waals surface area contributed by atoms with Crippen molar-refractivity contribution in [2.45, 2.75) is 11.8 Å². The molecule has 2 N–H and O–H groups in total. The number of carbonyl (C=O) groups is 2. The highest BCUT2D eigenvalue weighted by Crippen LogP contribution is 2.28. The molecule has 0 spiro atoms. The number of halogens is 1. The highest BCUT2D eigenvalue weighted by Gasteiger charge is 2.28. The maximum atomic E-state index is 14.6. The molecular formula is C23H27FN4O5S. The number of hydrogen-bond acceptors (Lipinski definition) is 7. The van der Waals surface area contributed by atoms with Crippen LogP contribution >= 0.6 is 0 Å². The summed E-state index contributed by atoms with van der Waals surface area (Å²) in [6, 6.07) is 8.74. The van der Waals surface area contributed by atoms with Gasteiger partial charge in [-0.2, -0.15) is 0 Å². The van der Waals surface area contributed by atoms with Crippen LogP contribution in [0.2, 0.25) is 0 Å². The highest BCUT2D eigenvalue weighted by atomic mass is 32.2. The second kappa shape index (κ2) is 9.69. The average molecular weight is 491 g/mol. The molecule has 0 aliphatic carbocycles. The van der Waals surface area contributed by atoms with Gasteiger partial charge >= 0.3 is 0 Å². The summed E-state index contributed by atoms with van der Waals surface area (Å²) in [5, 5.41) is 5.31. The summed E-state index contributed by atoms with van der Waals surface area (Å²) < 4.78 is 43.8. The van der Waals surface area contributed by atoms with E-state index in [1.165, 1.54) is 25.1 Å². The maximum absolute atomic E-state index is 14.6. The lowest BCUT2D eigenvalue weighted by molar-refractivity contribution is 0.0745. The molecule has 182 valence electrons. The summed E-state index contributed by atoms with van der Waals surface area (Å²) >= 11 is 0. The number of benzene rings is 2. The van der Waals surface area contributed by atoms with E-state index in [0.717, 1.165) is 0 Å². The van der Waals surface area contributed by atoms with E-state index in [4.69, 9.17) is 9.88 Å². The summed E-state index contributed by atoms with van der Waals surface area (Å²) in [4.78, 5) is 30.3. The van der Waals surface area contributed by atoms with Gasteiger partial charge in [0, 0.05) is 50.5 Å². The fraction of sp³-hybridized carbons (Fsp3) is 0.391. The summed E-state index contributed by atoms with van der Waals surface area (Å²) in [6.45, 7) is 5.01. The highest BCUT2D eigenvalue weighted by molar-refractivity contribution is 7.89. The van der Waals surface area contributed by atoms with Crippen molar-refractivity contribution in [1.29, 1.82) is 0 Å². The van der Waals surface area contributed by atoms with Crippen LogP contribution in [0.3, 0.4) is 0 Å². The zero-order chi connectivity index (χ0) is 24.5. The van der Waals surface area contributed by atoms with Crippen LogP contribution in [0, 0.1) is 5.82 Å². The molecule has 0 aromatic heterocycles. The first kappa shape index (κ1) is 24.1. The van der Waals surface area contributed by atoms with E-state index in [1.807, 2.05) is 9.80 Å². The van der Waals surface area contributed by atoms with Gasteiger partial charge in [-0.25, -0.2) is 17.9 Å². The van der Waals surface area contributed by atoms with E-state index in [2.05, 4.69) is 0 Å². The molecule has 0 atom stereocenters. The monoisotopic (exact) mass is 490 g/mol. The third-order valence-electron chi connectivity index (χ3n) is 6.14. The molecule has 34 heavy (non-hydrogen) atoms. The molecule has 2 heterocycles. The second-order valence-electron chi connectivity index (χ2n) is 8.33. The Morgan fingerprint density at radius 1 is 0.912 bits per heavy atom. The molecule has 2 aromatic carbocycles. The van der Waals surface area contributed by atoms with Crippen molar-refractivity contribution in [3.8, 4) is 0 Å². The van der Waals surface area contributed by atoms with Gasteiger partial charge in [0.25, 0.3) is 5.91 Å². The average Bonchev–Trinajstić information content (AvgIpc) is 2.83. The zero-order valence-electron chi connectivity index (χ0n) is 18.9. The van der Waals surface area contributed by atoms with Gasteiger partial charge < -0.3 is 19.4 Å². The minimum Gasteiger partial charge on any atom is -0.378 e. The largest absolute Gasteiger partial charge is 0.378 e. The molecule has 0 bridgehead atoms. The third-order valence-corrected chi connectivity index (χ3v) is 7.05. The standard InChI is InChI=1S/C23H27FN4O5S/c1-16(29)17-2-4-22(20(24)14-17)26-6-8-28(9-7-26)23(30)19-15-18(34(25,31)32)3-5-21(19)27-10-12-33-13-11-27/h2-5,14-15H,6-13H2,1H3,(H2,25,31,32). The molecule has 2 aromatic rings. The molecule has 0 unspecified atom stereocenters. The lowest BCUT2D eigenvalue weighted by Gasteiger charge is -2.37. The van der Waals surface area contributed by atoms with E-state index in [1.54, 1.807) is 23.1 Å². The number of ketones is 1. The Kier molecular flexibility index (Phi) is 6.87. The Morgan fingerprint density at radius 3 is 2.12 bits per heavy atom. The van der Waals surface area contributed by atoms with Crippen molar-refractivity contribution in [2.75, 3.05) is 62.3 Å². The summed E-state index contributed by atoms with van der Waals surface area (Å²) in [5.41, 5.74) is 1.58. The molecular weight excluding hydrogens is 463 g/mol. The number of amides is 1. The summed E-state index contributed by atoms with van der Waals surface area (Å²) in [6.07, 6.45) is 0. The lowest BCUT2D eigenvalue weighted by atomic mass is 10.1. The molecule has 9 nitrogen and oxygen atoms in total. The predicted octanol–water partition coefficient (Wildman–Crippen LogP) is 1.47. The van der Waals surface area contributed by atoms with E-state index >= 15 is 0 Å². The van der Waals surface area contributed by atoms with Gasteiger partial charge in [0.2, 0.25) is 10.0 Å². The van der Waals surface area contributed by atoms with E-state index in [9.17, 15) is 22.4 Å². The number of Topliss-reactive ketones (excluding diaryl/α,β-unsaturated/α-hetero) is 1. The Labute approximate surface area is 197 Å². The minimum absolute atomic E-state index is 0.126. The van der Waals surface area contributed by atoms with Gasteiger partial charge in [0.15, 0.2) is 5.78 Å². The molecule has 2 aliphatic rings. The molecule has 11 heteroatoms. The van der Waals surface area contributed by atoms with Crippen LogP contribution in [-0.2, 0) is 14.8 Å². The molecule has 4 rings (SSSR count). The molecule has 1 amide bonds. The number of sulfonamides is 1. The Balaban J connectivity index is 1.55. The summed E-state index contributed by atoms with van der Waals surface area (Å²) in [5.74, 6) is -0.999. The minimum atomic E-state index is -3.98. The van der Waals surface area contributed by atoms with Crippen molar-refractivity contribution in [3.63, 3.8) is 0 Å². The third kappa shape index (κ3) is 5.06. The topological polar surface area (TPSA) is 113 Å². The first-order chi connectivity index (χ1) is 16.1. The van der Waals surface area contributed by atoms with Gasteiger partial charge in [-0.3, -0.25) is 9.59 Å². The maximum Gasteiger partial charge on any atom is 0.256 e. The number of carbonyl (C=O) groups excluding carboxylic acids is 2. The fourth-order valence-electron chi connectivity index (χ4n) is 4.25. The molecule has 2 aliphatic heterocycles. The van der Waals surface area contributed by atoms with Crippen LogP contribution in [-0.4, -0.2) is 77.5 Å². The smallest absolute Gasteiger partial charge is 0.256 e. The Bertz CT molecular complexity index is 1210. The quantitative estimate of drug-likeness (QED) is 0.632. The van der Waals surface area contributed by atoms with Gasteiger partial charge in [-0.05, 0) is 43.3 Å². The lowest BCUT2D eigenvalue weighted by Crippen LogP contribution is -2.49. The van der Waals surface area contributed by atoms with Crippen LogP contribution in [0.5, 0.6) is 0 Å². The van der Waals surface area contributed by atoms with Crippen molar-refractivity contribution >= 4 is 33.1 Å². The number of ether oxygens (including phenoxy) is 1. The van der Waals surface area contributed by atoms with Crippen molar-refractivity contribution < 1.29 is 27.1 Å². The fourth-order valence-corrected chi connectivity index (χ4v) is 4.79. The van der Waals surface area contributed by atoms with Crippen LogP contribution in [0.25, 0.3) is 0 Å². The van der Waals surface area contributed by atoms with Crippen LogP contribution < -0.4 is 14.9 Å². The first-order valence-electron chi connectivity index (χ1n) is 11.0. The summed E-state index contributed by atoms with van der Waals surface area (Å²) in [7, 11) is -3.98. The SMILES string of the molecule is CC(=O)c1ccc(N2CCN(C(=O)c3cc(S(N)(=O)=O)ccc3N3CCOCC3)CC2)c(F)c1. The number of piperazine rings is 1. The zero-order valence-corrected chi connectivity index (χ0v) is 19.7. The molecule has 0 radical (unpaired) electrons. The number of rotatable bonds is 5. The first-order valence-corrected chi connectivity index (χ1v) is 12.5. The number of nitrogens with zero attached hydrogens (tertiary/aromatic N) is 3. The molecule has 2 fully saturated rings. The van der Waals surface area contributed by atoms with Crippen molar-refractivity contribution in [1.82, 2.24) is 4.90 Å². The van der Waals surface area contributed by atoms with Gasteiger partial charge in [-0.1, -0.05) is 0 Å². The van der Waals surface area contributed by atoms with Gasteiger partial charge in [0.1, 0.15) is 5.82 Å². The van der Waals surface area contributed by atoms with Crippen molar-refractivity contribution in [3.05, 3.63) is 53.3 Å². The normalized spacial score (nSPS) is 17.1. The number of primary sulfonamides is 1. The molecule has 2 saturated heterocycles. The van der Waals surface area contributed by atoms with Gasteiger partial charge in [0.05, 0.1) is 29.4 Å². The number of hydrogen-bond donors (Lipinski definition) is 1. The van der Waals surface area contributed by atoms with Gasteiger partial charge in [-0.15, -0.1) is 0 Å². The van der Waals surface area contributed by atoms with Crippen LogP contribution in [0.15, 0.2) is 41.3 Å². The Morgan fingerprint density at radius 2 is 1.53 bits per heavy atom. The number of morpholine rings is 1. The predicted molar refractivity (Wildman–Crippen MR) is 125 cm³/mol. The molecule has 0 saturated carbocycles. The Hall–Kier alpha value is -3.02. The van der Waals surface area contributed by atoms with Crippen molar-refractivity contribution in [2.24, 2.45) is 5.14 Å². The number of nitrogens with two attached hydrogens (primary N) is 1. The van der Waals surface area contributed by atoms with Crippen LogP contribution in [0.4, 0.5) is 15.8 Å². The van der Waals surface area contributed by atoms with E-state index < -0.39 is 15.8 Å². The second-order valence-corrected chi connectivity index (χ2v) is 9.89. The number of anilines is 2. The van der Waals surface area contributed by atoms with Crippen LogP contribution in [0.1, 0.15) is 27.6 Å². The van der Waals surface area contributed by atoms with E-state index in [-0.39, 0.29) is 22.1 Å². The van der Waals surface area contributed by atoms with E-state index in [0.29, 0.717) is 69.4 Å².